The minimum atomic E-state index is 0. The number of hydrogen-bond acceptors (Lipinski definition) is 0. The van der Waals surface area contributed by atoms with Crippen LogP contribution in [-0.2, 0) is 0 Å². The van der Waals surface area contributed by atoms with Crippen LogP contribution in [0.25, 0.3) is 0 Å². The summed E-state index contributed by atoms with van der Waals surface area (Å²) in [6.07, 6.45) is 4.50. The Morgan fingerprint density at radius 3 is 1.29 bits per heavy atom. The molecule has 0 nitrogen and oxygen atoms in total. The molecule has 0 aliphatic heterocycles. The van der Waals surface area contributed by atoms with Gasteiger partial charge in [-0.3, -0.25) is 0 Å². The largest absolute Gasteiger partial charge is 2.00 e. The third-order valence-corrected chi connectivity index (χ3v) is 1.73. The third-order valence-electron chi connectivity index (χ3n) is 1.73. The fourth-order valence-electron chi connectivity index (χ4n) is 1.05. The van der Waals surface area contributed by atoms with Gasteiger partial charge in [0, 0.05) is 0 Å². The Hall–Kier alpha value is 1.25. The first-order valence-electron chi connectivity index (χ1n) is 2.29. The molecule has 0 aromatic heterocycles. The maximum Gasteiger partial charge on any atom is 2.00 e. The Morgan fingerprint density at radius 2 is 1.29 bits per heavy atom. The van der Waals surface area contributed by atoms with Gasteiger partial charge in [-0.1, -0.05) is 0 Å². The molecule has 3 fully saturated rings. The molecular weight excluding hydrogens is 164 g/mol. The summed E-state index contributed by atoms with van der Waals surface area (Å²) in [4.78, 5) is 0. The first kappa shape index (κ1) is 8.25. The molecule has 0 spiro atoms. The van der Waals surface area contributed by atoms with Crippen LogP contribution in [0.5, 0.6) is 0 Å². The van der Waals surface area contributed by atoms with Crippen LogP contribution in [0.2, 0.25) is 0 Å². The standard InChI is InChI=1S/C5H7.BrH.Mg/c1-4-2-5(1)3-4;;/h4H,1-3H2;1H;/q-1;;+2/p-1. The first-order valence-corrected chi connectivity index (χ1v) is 2.29. The molecule has 0 amide bonds. The molecular formula is C5H7BrMg. The normalized spacial score (nSPS) is 25.7. The van der Waals surface area contributed by atoms with E-state index in [0.717, 1.165) is 0 Å². The van der Waals surface area contributed by atoms with Gasteiger partial charge < -0.3 is 22.9 Å². The van der Waals surface area contributed by atoms with E-state index in [-0.39, 0.29) is 40.0 Å². The second-order valence-corrected chi connectivity index (χ2v) is 2.23. The smallest absolute Gasteiger partial charge is 1.00 e. The molecule has 0 N–H and O–H groups in total. The van der Waals surface area contributed by atoms with Crippen molar-refractivity contribution in [3.63, 3.8) is 0 Å². The van der Waals surface area contributed by atoms with Crippen molar-refractivity contribution in [2.75, 3.05) is 0 Å². The summed E-state index contributed by atoms with van der Waals surface area (Å²) in [5.41, 5.74) is 0. The zero-order valence-corrected chi connectivity index (χ0v) is 7.28. The average Bonchev–Trinajstić information content (AvgIpc) is 0.592. The van der Waals surface area contributed by atoms with E-state index >= 15 is 0 Å². The van der Waals surface area contributed by atoms with E-state index in [1.54, 1.807) is 0 Å². The van der Waals surface area contributed by atoms with Gasteiger partial charge in [0.1, 0.15) is 0 Å². The van der Waals surface area contributed by atoms with Crippen LogP contribution in [0, 0.1) is 11.8 Å². The molecule has 3 saturated carbocycles. The molecule has 36 valence electrons. The maximum absolute atomic E-state index is 1.83. The summed E-state index contributed by atoms with van der Waals surface area (Å²) in [7, 11) is 0. The van der Waals surface area contributed by atoms with E-state index < -0.39 is 0 Å². The van der Waals surface area contributed by atoms with Crippen molar-refractivity contribution in [1.82, 2.24) is 0 Å². The van der Waals surface area contributed by atoms with Crippen LogP contribution in [-0.4, -0.2) is 23.1 Å². The van der Waals surface area contributed by atoms with Gasteiger partial charge in [0.05, 0.1) is 0 Å². The van der Waals surface area contributed by atoms with E-state index in [1.807, 2.05) is 5.92 Å². The SMILES string of the molecule is C1[C-]2CC1C2.[Br-].[Mg+2]. The van der Waals surface area contributed by atoms with E-state index in [9.17, 15) is 0 Å². The van der Waals surface area contributed by atoms with E-state index in [4.69, 9.17) is 0 Å². The monoisotopic (exact) mass is 170 g/mol. The minimum absolute atomic E-state index is 0. The van der Waals surface area contributed by atoms with Crippen LogP contribution in [0.3, 0.4) is 0 Å². The van der Waals surface area contributed by atoms with Crippen molar-refractivity contribution in [2.45, 2.75) is 19.3 Å². The fourth-order valence-corrected chi connectivity index (χ4v) is 1.05. The third kappa shape index (κ3) is 1.14. The summed E-state index contributed by atoms with van der Waals surface area (Å²) < 4.78 is 0. The van der Waals surface area contributed by atoms with Gasteiger partial charge in [-0.25, -0.2) is 0 Å². The summed E-state index contributed by atoms with van der Waals surface area (Å²) >= 11 is 0. The van der Waals surface area contributed by atoms with Crippen LogP contribution in [0.4, 0.5) is 0 Å². The molecule has 3 aliphatic rings. The van der Waals surface area contributed by atoms with Crippen molar-refractivity contribution in [3.05, 3.63) is 5.92 Å². The number of hydrogen-bond donors (Lipinski definition) is 0. The Kier molecular flexibility index (Phi) is 3.17. The summed E-state index contributed by atoms with van der Waals surface area (Å²) in [6, 6.07) is 0. The quantitative estimate of drug-likeness (QED) is 0.292. The Morgan fingerprint density at radius 1 is 1.14 bits per heavy atom. The van der Waals surface area contributed by atoms with Crippen LogP contribution in [0.1, 0.15) is 19.3 Å². The molecule has 0 unspecified atom stereocenters. The fraction of sp³-hybridized carbons (Fsp3) is 0.800. The molecule has 0 atom stereocenters. The zero-order chi connectivity index (χ0) is 3.28. The molecule has 0 aromatic carbocycles. The van der Waals surface area contributed by atoms with Gasteiger partial charge in [-0.2, -0.15) is 19.3 Å². The average molecular weight is 171 g/mol. The van der Waals surface area contributed by atoms with Crippen molar-refractivity contribution in [3.8, 4) is 0 Å². The second-order valence-electron chi connectivity index (χ2n) is 2.23. The molecule has 0 saturated heterocycles. The topological polar surface area (TPSA) is 0 Å². The van der Waals surface area contributed by atoms with Crippen molar-refractivity contribution in [2.24, 2.45) is 5.92 Å². The van der Waals surface area contributed by atoms with Gasteiger partial charge in [0.25, 0.3) is 0 Å². The van der Waals surface area contributed by atoms with Crippen molar-refractivity contribution < 1.29 is 17.0 Å². The Bertz CT molecular complexity index is 44.8. The zero-order valence-electron chi connectivity index (χ0n) is 4.28. The minimum Gasteiger partial charge on any atom is -1.00 e. The Balaban J connectivity index is 0.000000180. The molecule has 7 heavy (non-hydrogen) atoms. The summed E-state index contributed by atoms with van der Waals surface area (Å²) in [6.45, 7) is 0. The number of halogens is 1. The number of rotatable bonds is 0. The maximum atomic E-state index is 1.83. The molecule has 0 aromatic rings. The molecule has 0 radical (unpaired) electrons. The predicted octanol–water partition coefficient (Wildman–Crippen LogP) is -2.00. The predicted molar refractivity (Wildman–Crippen MR) is 26.3 cm³/mol. The van der Waals surface area contributed by atoms with Gasteiger partial charge in [-0.15, -0.1) is 5.92 Å². The second kappa shape index (κ2) is 2.69. The van der Waals surface area contributed by atoms with Gasteiger partial charge in [-0.05, 0) is 0 Å². The van der Waals surface area contributed by atoms with Crippen LogP contribution < -0.4 is 17.0 Å². The van der Waals surface area contributed by atoms with Crippen LogP contribution in [0.15, 0.2) is 0 Å². The summed E-state index contributed by atoms with van der Waals surface area (Å²) in [5, 5.41) is 0. The van der Waals surface area contributed by atoms with E-state index in [1.165, 1.54) is 25.2 Å². The van der Waals surface area contributed by atoms with Gasteiger partial charge >= 0.3 is 23.1 Å². The Labute approximate surface area is 71.0 Å². The van der Waals surface area contributed by atoms with E-state index in [0.29, 0.717) is 0 Å². The molecule has 3 aliphatic carbocycles. The van der Waals surface area contributed by atoms with Gasteiger partial charge in [0.2, 0.25) is 0 Å². The molecule has 2 bridgehead atoms. The summed E-state index contributed by atoms with van der Waals surface area (Å²) in [5.74, 6) is 3.00. The van der Waals surface area contributed by atoms with Crippen molar-refractivity contribution >= 4 is 23.1 Å². The van der Waals surface area contributed by atoms with E-state index in [2.05, 4.69) is 0 Å². The van der Waals surface area contributed by atoms with Crippen molar-refractivity contribution in [1.29, 1.82) is 0 Å². The first-order chi connectivity index (χ1) is 2.45. The van der Waals surface area contributed by atoms with Crippen LogP contribution >= 0.6 is 0 Å². The molecule has 3 rings (SSSR count). The molecule has 2 heteroatoms. The molecule has 0 heterocycles. The van der Waals surface area contributed by atoms with Gasteiger partial charge in [0.15, 0.2) is 0 Å².